The highest BCUT2D eigenvalue weighted by molar-refractivity contribution is 7.99. The minimum atomic E-state index is -0.505. The van der Waals surface area contributed by atoms with Crippen molar-refractivity contribution in [2.24, 2.45) is 0 Å². The van der Waals surface area contributed by atoms with Crippen LogP contribution >= 0.6 is 11.8 Å². The van der Waals surface area contributed by atoms with Crippen molar-refractivity contribution in [3.63, 3.8) is 0 Å². The van der Waals surface area contributed by atoms with Gasteiger partial charge in [0, 0.05) is 5.56 Å². The molecule has 0 radical (unpaired) electrons. The van der Waals surface area contributed by atoms with Crippen molar-refractivity contribution < 1.29 is 23.5 Å². The molecule has 3 aromatic rings. The predicted molar refractivity (Wildman–Crippen MR) is 93.0 cm³/mol. The summed E-state index contributed by atoms with van der Waals surface area (Å²) in [4.78, 5) is 28.0. The summed E-state index contributed by atoms with van der Waals surface area (Å²) in [7, 11) is 1.55. The van der Waals surface area contributed by atoms with E-state index in [1.165, 1.54) is 0 Å². The number of fused-ring (bicyclic) bond motifs is 1. The quantitative estimate of drug-likeness (QED) is 0.364. The molecule has 3 rings (SSSR count). The molecular weight excluding hydrogens is 342 g/mol. The summed E-state index contributed by atoms with van der Waals surface area (Å²) in [6.07, 6.45) is 0. The average Bonchev–Trinajstić information content (AvgIpc) is 3.07. The first-order valence-electron chi connectivity index (χ1n) is 7.47. The van der Waals surface area contributed by atoms with E-state index in [4.69, 9.17) is 13.9 Å². The number of thioether (sulfide) groups is 1. The molecule has 128 valence electrons. The number of carbonyl (C=O) groups is 2. The average molecular weight is 357 g/mol. The van der Waals surface area contributed by atoms with Crippen LogP contribution in [0.25, 0.3) is 11.1 Å². The standard InChI is InChI=1S/C18H15NO5S/c1-22-13-8-6-12(7-9-13)15(20)10-23-17(21)11-25-18-19-14-4-2-3-5-16(14)24-18/h2-9H,10-11H2,1H3. The Morgan fingerprint density at radius 3 is 2.60 bits per heavy atom. The minimum Gasteiger partial charge on any atom is -0.497 e. The highest BCUT2D eigenvalue weighted by atomic mass is 32.2. The number of aromatic nitrogens is 1. The number of Topliss-reactive ketones (excluding diaryl/α,β-unsaturated/α-hetero) is 1. The zero-order valence-electron chi connectivity index (χ0n) is 13.4. The van der Waals surface area contributed by atoms with Crippen LogP contribution in [-0.4, -0.2) is 36.2 Å². The van der Waals surface area contributed by atoms with Gasteiger partial charge >= 0.3 is 5.97 Å². The van der Waals surface area contributed by atoms with Gasteiger partial charge in [-0.2, -0.15) is 0 Å². The molecule has 1 heterocycles. The van der Waals surface area contributed by atoms with E-state index in [0.717, 1.165) is 17.3 Å². The summed E-state index contributed by atoms with van der Waals surface area (Å²) in [5, 5.41) is 0.389. The second kappa shape index (κ2) is 7.85. The Morgan fingerprint density at radius 2 is 1.88 bits per heavy atom. The van der Waals surface area contributed by atoms with Gasteiger partial charge in [-0.25, -0.2) is 4.98 Å². The lowest BCUT2D eigenvalue weighted by atomic mass is 10.1. The third-order valence-electron chi connectivity index (χ3n) is 3.36. The Kier molecular flexibility index (Phi) is 5.35. The molecule has 25 heavy (non-hydrogen) atoms. The fraction of sp³-hybridized carbons (Fsp3) is 0.167. The number of rotatable bonds is 7. The van der Waals surface area contributed by atoms with Crippen LogP contribution in [0, 0.1) is 0 Å². The number of oxazole rings is 1. The summed E-state index contributed by atoms with van der Waals surface area (Å²) < 4.78 is 15.5. The van der Waals surface area contributed by atoms with Gasteiger partial charge in [0.15, 0.2) is 18.0 Å². The van der Waals surface area contributed by atoms with Crippen molar-refractivity contribution in [3.8, 4) is 5.75 Å². The second-order valence-electron chi connectivity index (χ2n) is 5.05. The topological polar surface area (TPSA) is 78.6 Å². The molecule has 7 heteroatoms. The fourth-order valence-electron chi connectivity index (χ4n) is 2.08. The summed E-state index contributed by atoms with van der Waals surface area (Å²) in [6, 6.07) is 14.0. The molecule has 0 aliphatic rings. The first kappa shape index (κ1) is 17.0. The zero-order chi connectivity index (χ0) is 17.6. The maximum Gasteiger partial charge on any atom is 0.316 e. The molecule has 0 N–H and O–H groups in total. The minimum absolute atomic E-state index is 0.0166. The molecule has 6 nitrogen and oxygen atoms in total. The third-order valence-corrected chi connectivity index (χ3v) is 4.17. The molecule has 0 aliphatic carbocycles. The first-order valence-corrected chi connectivity index (χ1v) is 8.45. The maximum absolute atomic E-state index is 12.0. The van der Waals surface area contributed by atoms with Gasteiger partial charge in [-0.3, -0.25) is 9.59 Å². The number of carbonyl (C=O) groups excluding carboxylic acids is 2. The number of ether oxygens (including phenoxy) is 2. The summed E-state index contributed by atoms with van der Waals surface area (Å²) in [6.45, 7) is -0.306. The Balaban J connectivity index is 1.47. The van der Waals surface area contributed by atoms with Crippen LogP contribution in [0.4, 0.5) is 0 Å². The Bertz CT molecular complexity index is 855. The van der Waals surface area contributed by atoms with Crippen LogP contribution in [0.5, 0.6) is 5.75 Å². The van der Waals surface area contributed by atoms with Crippen LogP contribution in [0.2, 0.25) is 0 Å². The fourth-order valence-corrected chi connectivity index (χ4v) is 2.72. The highest BCUT2D eigenvalue weighted by Gasteiger charge is 2.13. The number of nitrogens with zero attached hydrogens (tertiary/aromatic N) is 1. The van der Waals surface area contributed by atoms with Crippen molar-refractivity contribution >= 4 is 34.6 Å². The predicted octanol–water partition coefficient (Wildman–Crippen LogP) is 3.35. The molecule has 0 atom stereocenters. The number of methoxy groups -OCH3 is 1. The second-order valence-corrected chi connectivity index (χ2v) is 5.98. The lowest BCUT2D eigenvalue weighted by Gasteiger charge is -2.04. The van der Waals surface area contributed by atoms with Crippen molar-refractivity contribution in [2.75, 3.05) is 19.5 Å². The van der Waals surface area contributed by atoms with Crippen molar-refractivity contribution in [2.45, 2.75) is 5.22 Å². The smallest absolute Gasteiger partial charge is 0.316 e. The van der Waals surface area contributed by atoms with Gasteiger partial charge < -0.3 is 13.9 Å². The van der Waals surface area contributed by atoms with Crippen LogP contribution in [0.3, 0.4) is 0 Å². The monoisotopic (exact) mass is 357 g/mol. The van der Waals surface area contributed by atoms with Gasteiger partial charge in [-0.15, -0.1) is 0 Å². The van der Waals surface area contributed by atoms with Gasteiger partial charge in [0.05, 0.1) is 7.11 Å². The van der Waals surface area contributed by atoms with Crippen molar-refractivity contribution in [1.82, 2.24) is 4.98 Å². The van der Waals surface area contributed by atoms with E-state index in [0.29, 0.717) is 22.1 Å². The lowest BCUT2D eigenvalue weighted by molar-refractivity contribution is -0.139. The van der Waals surface area contributed by atoms with Gasteiger partial charge in [-0.1, -0.05) is 23.9 Å². The van der Waals surface area contributed by atoms with E-state index < -0.39 is 5.97 Å². The van der Waals surface area contributed by atoms with E-state index in [2.05, 4.69) is 4.98 Å². The van der Waals surface area contributed by atoms with E-state index in [9.17, 15) is 9.59 Å². The Labute approximate surface area is 148 Å². The maximum atomic E-state index is 12.0. The summed E-state index contributed by atoms with van der Waals surface area (Å²) >= 11 is 1.13. The van der Waals surface area contributed by atoms with Crippen LogP contribution in [0.1, 0.15) is 10.4 Å². The molecule has 0 amide bonds. The molecule has 1 aromatic heterocycles. The van der Waals surface area contributed by atoms with E-state index in [1.807, 2.05) is 18.2 Å². The molecular formula is C18H15NO5S. The Hall–Kier alpha value is -2.80. The third kappa shape index (κ3) is 4.39. The van der Waals surface area contributed by atoms with E-state index in [1.54, 1.807) is 37.4 Å². The van der Waals surface area contributed by atoms with Gasteiger partial charge in [0.1, 0.15) is 17.0 Å². The molecule has 0 saturated carbocycles. The normalized spacial score (nSPS) is 10.6. The van der Waals surface area contributed by atoms with Crippen LogP contribution in [0.15, 0.2) is 58.2 Å². The highest BCUT2D eigenvalue weighted by Crippen LogP contribution is 2.23. The number of para-hydroxylation sites is 2. The largest absolute Gasteiger partial charge is 0.497 e. The molecule has 0 saturated heterocycles. The Morgan fingerprint density at radius 1 is 1.12 bits per heavy atom. The number of hydrogen-bond acceptors (Lipinski definition) is 7. The van der Waals surface area contributed by atoms with Crippen molar-refractivity contribution in [3.05, 3.63) is 54.1 Å². The van der Waals surface area contributed by atoms with E-state index in [-0.39, 0.29) is 18.1 Å². The zero-order valence-corrected chi connectivity index (χ0v) is 14.2. The summed E-state index contributed by atoms with van der Waals surface area (Å²) in [5.41, 5.74) is 1.85. The SMILES string of the molecule is COc1ccc(C(=O)COC(=O)CSc2nc3ccccc3o2)cc1. The van der Waals surface area contributed by atoms with Crippen LogP contribution < -0.4 is 4.74 Å². The summed E-state index contributed by atoms with van der Waals surface area (Å²) in [5.74, 6) is -0.108. The number of benzene rings is 2. The first-order chi connectivity index (χ1) is 12.2. The number of ketones is 1. The van der Waals surface area contributed by atoms with Crippen molar-refractivity contribution in [1.29, 1.82) is 0 Å². The number of hydrogen-bond donors (Lipinski definition) is 0. The molecule has 2 aromatic carbocycles. The molecule has 0 unspecified atom stereocenters. The molecule has 0 spiro atoms. The van der Waals surface area contributed by atoms with E-state index >= 15 is 0 Å². The van der Waals surface area contributed by atoms with Gasteiger partial charge in [-0.05, 0) is 36.4 Å². The molecule has 0 fully saturated rings. The van der Waals surface area contributed by atoms with Crippen LogP contribution in [-0.2, 0) is 9.53 Å². The van der Waals surface area contributed by atoms with Gasteiger partial charge in [0.2, 0.25) is 0 Å². The van der Waals surface area contributed by atoms with Gasteiger partial charge in [0.25, 0.3) is 5.22 Å². The molecule has 0 aliphatic heterocycles. The lowest BCUT2D eigenvalue weighted by Crippen LogP contribution is -2.15. The number of esters is 1. The molecule has 0 bridgehead atoms.